The fourth-order valence-electron chi connectivity index (χ4n) is 3.39. The molecule has 1 saturated heterocycles. The number of pyridine rings is 1. The normalized spacial score (nSPS) is 18.9. The lowest BCUT2D eigenvalue weighted by molar-refractivity contribution is 0.0283. The number of amides is 1. The van der Waals surface area contributed by atoms with Crippen LogP contribution in [-0.2, 0) is 4.74 Å². The van der Waals surface area contributed by atoms with Crippen LogP contribution in [0.25, 0.3) is 17.0 Å². The summed E-state index contributed by atoms with van der Waals surface area (Å²) < 4.78 is 27.0. The first kappa shape index (κ1) is 20.8. The van der Waals surface area contributed by atoms with E-state index < -0.39 is 23.9 Å². The molecular formula is C21H25FN6O3. The summed E-state index contributed by atoms with van der Waals surface area (Å²) in [5, 5.41) is 3.11. The first-order chi connectivity index (χ1) is 14.7. The predicted octanol–water partition coefficient (Wildman–Crippen LogP) is 3.17. The topological polar surface area (TPSA) is 93.9 Å². The fourth-order valence-corrected chi connectivity index (χ4v) is 3.39. The fraction of sp³-hybridized carbons (Fsp3) is 0.429. The summed E-state index contributed by atoms with van der Waals surface area (Å²) in [5.74, 6) is 0.960. The van der Waals surface area contributed by atoms with E-state index in [1.165, 1.54) is 4.90 Å². The van der Waals surface area contributed by atoms with Crippen molar-refractivity contribution in [2.24, 2.45) is 0 Å². The molecule has 0 aliphatic carbocycles. The van der Waals surface area contributed by atoms with Gasteiger partial charge in [0.25, 0.3) is 0 Å². The molecule has 1 aliphatic rings. The second-order valence-electron chi connectivity index (χ2n) is 8.36. The summed E-state index contributed by atoms with van der Waals surface area (Å²) in [6.07, 6.45) is 3.29. The maximum absolute atomic E-state index is 14.6. The summed E-state index contributed by atoms with van der Waals surface area (Å²) in [6.45, 7) is 5.52. The molecule has 1 aliphatic heterocycles. The van der Waals surface area contributed by atoms with E-state index in [-0.39, 0.29) is 13.1 Å². The number of likely N-dealkylation sites (tertiary alicyclic amines) is 1. The Balaban J connectivity index is 1.51. The molecule has 4 rings (SSSR count). The van der Waals surface area contributed by atoms with Crippen LogP contribution in [0.2, 0.25) is 0 Å². The molecule has 0 unspecified atom stereocenters. The van der Waals surface area contributed by atoms with Crippen molar-refractivity contribution in [3.8, 4) is 17.3 Å². The van der Waals surface area contributed by atoms with Gasteiger partial charge in [0.05, 0.1) is 49.7 Å². The molecule has 164 valence electrons. The number of anilines is 1. The molecule has 4 heterocycles. The predicted molar refractivity (Wildman–Crippen MR) is 113 cm³/mol. The van der Waals surface area contributed by atoms with Gasteiger partial charge >= 0.3 is 6.09 Å². The number of methoxy groups -OCH3 is 1. The first-order valence-corrected chi connectivity index (χ1v) is 9.96. The number of rotatable bonds is 4. The summed E-state index contributed by atoms with van der Waals surface area (Å²) in [6, 6.07) is 4.85. The third-order valence-corrected chi connectivity index (χ3v) is 4.83. The highest BCUT2D eigenvalue weighted by Gasteiger charge is 2.37. The molecule has 0 spiro atoms. The summed E-state index contributed by atoms with van der Waals surface area (Å²) in [4.78, 5) is 26.7. The van der Waals surface area contributed by atoms with Crippen molar-refractivity contribution < 1.29 is 18.7 Å². The van der Waals surface area contributed by atoms with Crippen LogP contribution in [0.3, 0.4) is 0 Å². The minimum atomic E-state index is -1.23. The number of carbonyl (C=O) groups excluding carboxylic acids is 1. The maximum atomic E-state index is 14.6. The van der Waals surface area contributed by atoms with E-state index >= 15 is 0 Å². The molecule has 0 aromatic carbocycles. The summed E-state index contributed by atoms with van der Waals surface area (Å²) in [7, 11) is 1.54. The van der Waals surface area contributed by atoms with Gasteiger partial charge in [-0.3, -0.25) is 4.40 Å². The van der Waals surface area contributed by atoms with Crippen LogP contribution in [0.5, 0.6) is 5.88 Å². The molecular weight excluding hydrogens is 403 g/mol. The Morgan fingerprint density at radius 3 is 2.77 bits per heavy atom. The van der Waals surface area contributed by atoms with Gasteiger partial charge < -0.3 is 19.7 Å². The Hall–Kier alpha value is -3.43. The Bertz CT molecular complexity index is 1100. The van der Waals surface area contributed by atoms with Gasteiger partial charge in [-0.2, -0.15) is 0 Å². The molecule has 10 heteroatoms. The Morgan fingerprint density at radius 2 is 2.03 bits per heavy atom. The highest BCUT2D eigenvalue weighted by molar-refractivity contribution is 5.69. The zero-order chi connectivity index (χ0) is 22.2. The molecule has 1 fully saturated rings. The van der Waals surface area contributed by atoms with E-state index in [1.807, 2.05) is 16.5 Å². The van der Waals surface area contributed by atoms with Crippen LogP contribution in [0, 0.1) is 0 Å². The van der Waals surface area contributed by atoms with Gasteiger partial charge in [0.15, 0.2) is 5.65 Å². The minimum absolute atomic E-state index is 0.0215. The third kappa shape index (κ3) is 4.52. The first-order valence-electron chi connectivity index (χ1n) is 9.96. The van der Waals surface area contributed by atoms with Gasteiger partial charge in [-0.1, -0.05) is 6.07 Å². The minimum Gasteiger partial charge on any atom is -0.480 e. The molecule has 0 bridgehead atoms. The zero-order valence-corrected chi connectivity index (χ0v) is 17.9. The van der Waals surface area contributed by atoms with Crippen LogP contribution < -0.4 is 10.1 Å². The summed E-state index contributed by atoms with van der Waals surface area (Å²) >= 11 is 0. The van der Waals surface area contributed by atoms with Gasteiger partial charge in [0, 0.05) is 6.54 Å². The lowest BCUT2D eigenvalue weighted by atomic mass is 10.2. The van der Waals surface area contributed by atoms with E-state index in [0.29, 0.717) is 23.0 Å². The lowest BCUT2D eigenvalue weighted by Gasteiger charge is -2.24. The van der Waals surface area contributed by atoms with Crippen molar-refractivity contribution in [1.82, 2.24) is 24.3 Å². The smallest absolute Gasteiger partial charge is 0.410 e. The van der Waals surface area contributed by atoms with Crippen LogP contribution >= 0.6 is 0 Å². The number of hydrogen-bond acceptors (Lipinski definition) is 7. The third-order valence-electron chi connectivity index (χ3n) is 4.83. The number of aromatic nitrogens is 4. The second kappa shape index (κ2) is 8.01. The molecule has 3 aromatic rings. The average molecular weight is 428 g/mol. The summed E-state index contributed by atoms with van der Waals surface area (Å²) in [5.41, 5.74) is 1.43. The number of carbonyl (C=O) groups is 1. The highest BCUT2D eigenvalue weighted by Crippen LogP contribution is 2.24. The van der Waals surface area contributed by atoms with Gasteiger partial charge in [-0.15, -0.1) is 0 Å². The number of ether oxygens (including phenoxy) is 2. The zero-order valence-electron chi connectivity index (χ0n) is 17.9. The number of fused-ring (bicyclic) bond motifs is 1. The standard InChI is InChI=1S/C21H25FN6O3/c1-21(2,3)31-20(29)27-10-13(22)15(11-27)26-17-7-5-6-14(25-17)16-8-23-18-9-24-19(30-4)12-28(16)18/h5-9,12-13,15H,10-11H2,1-4H3,(H,25,26)/t13-,15-/m0/s1. The van der Waals surface area contributed by atoms with Gasteiger partial charge in [0.2, 0.25) is 5.88 Å². The van der Waals surface area contributed by atoms with Crippen molar-refractivity contribution in [3.63, 3.8) is 0 Å². The van der Waals surface area contributed by atoms with E-state index in [2.05, 4.69) is 20.3 Å². The number of alkyl halides is 1. The quantitative estimate of drug-likeness (QED) is 0.682. The lowest BCUT2D eigenvalue weighted by Crippen LogP contribution is -2.36. The van der Waals surface area contributed by atoms with Crippen molar-refractivity contribution in [2.45, 2.75) is 38.6 Å². The van der Waals surface area contributed by atoms with E-state index in [1.54, 1.807) is 52.5 Å². The number of nitrogens with zero attached hydrogens (tertiary/aromatic N) is 5. The molecule has 1 amide bonds. The average Bonchev–Trinajstić information content (AvgIpc) is 3.30. The Kier molecular flexibility index (Phi) is 5.38. The van der Waals surface area contributed by atoms with Crippen LogP contribution in [0.4, 0.5) is 15.0 Å². The van der Waals surface area contributed by atoms with Gasteiger partial charge in [-0.05, 0) is 32.9 Å². The molecule has 0 saturated carbocycles. The maximum Gasteiger partial charge on any atom is 0.410 e. The molecule has 31 heavy (non-hydrogen) atoms. The van der Waals surface area contributed by atoms with Crippen LogP contribution in [0.1, 0.15) is 20.8 Å². The van der Waals surface area contributed by atoms with E-state index in [0.717, 1.165) is 5.69 Å². The van der Waals surface area contributed by atoms with Crippen molar-refractivity contribution in [1.29, 1.82) is 0 Å². The van der Waals surface area contributed by atoms with E-state index in [4.69, 9.17) is 9.47 Å². The molecule has 1 N–H and O–H groups in total. The number of hydrogen-bond donors (Lipinski definition) is 1. The Morgan fingerprint density at radius 1 is 1.23 bits per heavy atom. The number of halogens is 1. The van der Waals surface area contributed by atoms with E-state index in [9.17, 15) is 9.18 Å². The Labute approximate surface area is 179 Å². The van der Waals surface area contributed by atoms with Gasteiger partial charge in [0.1, 0.15) is 17.6 Å². The second-order valence-corrected chi connectivity index (χ2v) is 8.36. The SMILES string of the molecule is COc1cn2c(-c3cccc(N[C@H]4CN(C(=O)OC(C)(C)C)C[C@@H]4F)n3)cnc2cn1. The molecule has 9 nitrogen and oxygen atoms in total. The monoisotopic (exact) mass is 428 g/mol. The van der Waals surface area contributed by atoms with Crippen molar-refractivity contribution in [2.75, 3.05) is 25.5 Å². The largest absolute Gasteiger partial charge is 0.480 e. The number of nitrogens with one attached hydrogen (secondary N) is 1. The van der Waals surface area contributed by atoms with Crippen LogP contribution in [-0.4, -0.2) is 68.4 Å². The number of imidazole rings is 1. The molecule has 2 atom stereocenters. The molecule has 0 radical (unpaired) electrons. The van der Waals surface area contributed by atoms with Crippen molar-refractivity contribution >= 4 is 17.6 Å². The van der Waals surface area contributed by atoms with Crippen molar-refractivity contribution in [3.05, 3.63) is 36.8 Å². The highest BCUT2D eigenvalue weighted by atomic mass is 19.1. The van der Waals surface area contributed by atoms with Crippen LogP contribution in [0.15, 0.2) is 36.8 Å². The van der Waals surface area contributed by atoms with Gasteiger partial charge in [-0.25, -0.2) is 24.1 Å². The molecule has 3 aromatic heterocycles.